The first-order valence-electron chi connectivity index (χ1n) is 7.58. The summed E-state index contributed by atoms with van der Waals surface area (Å²) in [5.74, 6) is 0.995. The van der Waals surface area contributed by atoms with Gasteiger partial charge in [0.1, 0.15) is 12.4 Å². The van der Waals surface area contributed by atoms with Crippen molar-refractivity contribution < 1.29 is 9.84 Å². The normalized spacial score (nSPS) is 19.6. The van der Waals surface area contributed by atoms with Gasteiger partial charge in [0, 0.05) is 6.54 Å². The number of β-amino-alcohol motifs (C(OH)–C–C–N with tert-alkyl or cyclic N) is 1. The second kappa shape index (κ2) is 5.62. The Morgan fingerprint density at radius 2 is 2.20 bits per heavy atom. The number of anilines is 1. The number of benzene rings is 1. The van der Waals surface area contributed by atoms with Crippen LogP contribution in [-0.2, 0) is 12.8 Å². The van der Waals surface area contributed by atoms with E-state index >= 15 is 0 Å². The molecule has 0 amide bonds. The summed E-state index contributed by atoms with van der Waals surface area (Å²) in [4.78, 5) is 2.28. The minimum Gasteiger partial charge on any atom is -0.490 e. The molecule has 0 aromatic heterocycles. The molecular formula is C16H24N2O2. The molecule has 0 fully saturated rings. The summed E-state index contributed by atoms with van der Waals surface area (Å²) in [5, 5.41) is 13.2. The van der Waals surface area contributed by atoms with Gasteiger partial charge in [-0.1, -0.05) is 0 Å². The zero-order chi connectivity index (χ0) is 14.1. The molecule has 2 aliphatic rings. The molecule has 4 heteroatoms. The predicted molar refractivity (Wildman–Crippen MR) is 80.8 cm³/mol. The van der Waals surface area contributed by atoms with Crippen molar-refractivity contribution in [2.75, 3.05) is 37.7 Å². The van der Waals surface area contributed by atoms with Crippen molar-refractivity contribution in [3.63, 3.8) is 0 Å². The van der Waals surface area contributed by atoms with E-state index in [1.165, 1.54) is 22.4 Å². The molecule has 20 heavy (non-hydrogen) atoms. The highest BCUT2D eigenvalue weighted by Crippen LogP contribution is 2.39. The van der Waals surface area contributed by atoms with Crippen LogP contribution in [0.4, 0.5) is 5.69 Å². The van der Waals surface area contributed by atoms with Crippen LogP contribution >= 0.6 is 0 Å². The van der Waals surface area contributed by atoms with E-state index in [-0.39, 0.29) is 6.10 Å². The summed E-state index contributed by atoms with van der Waals surface area (Å²) in [7, 11) is 0. The van der Waals surface area contributed by atoms with Crippen LogP contribution in [0.25, 0.3) is 0 Å². The van der Waals surface area contributed by atoms with Crippen molar-refractivity contribution in [3.8, 4) is 5.75 Å². The zero-order valence-electron chi connectivity index (χ0n) is 12.4. The average molecular weight is 276 g/mol. The molecule has 0 aliphatic carbocycles. The third kappa shape index (κ3) is 2.50. The van der Waals surface area contributed by atoms with Gasteiger partial charge in [0.15, 0.2) is 0 Å². The molecule has 1 atom stereocenters. The second-order valence-electron chi connectivity index (χ2n) is 5.88. The number of rotatable bonds is 2. The maximum absolute atomic E-state index is 9.71. The monoisotopic (exact) mass is 276 g/mol. The quantitative estimate of drug-likeness (QED) is 0.854. The van der Waals surface area contributed by atoms with E-state index in [1.54, 1.807) is 0 Å². The van der Waals surface area contributed by atoms with Crippen molar-refractivity contribution in [2.24, 2.45) is 0 Å². The highest BCUT2D eigenvalue weighted by Gasteiger charge is 2.25. The van der Waals surface area contributed by atoms with Crippen LogP contribution in [0.15, 0.2) is 6.07 Å². The third-order valence-electron chi connectivity index (χ3n) is 4.28. The molecule has 3 rings (SSSR count). The fourth-order valence-corrected chi connectivity index (χ4v) is 3.40. The van der Waals surface area contributed by atoms with E-state index in [0.29, 0.717) is 13.2 Å². The standard InChI is InChI=1S/C16H24N2O2/c1-11(19)10-18-7-8-20-15-9-13-3-5-17-6-4-14(13)12(2)16(15)18/h9,11,17,19H,3-8,10H2,1-2H3/t11-/m0/s1. The maximum atomic E-state index is 9.71. The summed E-state index contributed by atoms with van der Waals surface area (Å²) in [6.07, 6.45) is 1.83. The summed E-state index contributed by atoms with van der Waals surface area (Å²) < 4.78 is 5.88. The Labute approximate surface area is 120 Å². The fourth-order valence-electron chi connectivity index (χ4n) is 3.40. The molecule has 0 bridgehead atoms. The van der Waals surface area contributed by atoms with Crippen LogP contribution in [0, 0.1) is 6.92 Å². The second-order valence-corrected chi connectivity index (χ2v) is 5.88. The minimum atomic E-state index is -0.319. The third-order valence-corrected chi connectivity index (χ3v) is 4.28. The van der Waals surface area contributed by atoms with Gasteiger partial charge in [-0.3, -0.25) is 0 Å². The van der Waals surface area contributed by atoms with Gasteiger partial charge in [0.05, 0.1) is 18.3 Å². The van der Waals surface area contributed by atoms with Crippen molar-refractivity contribution in [2.45, 2.75) is 32.8 Å². The molecule has 0 unspecified atom stereocenters. The predicted octanol–water partition coefficient (Wildman–Crippen LogP) is 1.26. The average Bonchev–Trinajstić information content (AvgIpc) is 2.63. The Morgan fingerprint density at radius 3 is 3.00 bits per heavy atom. The molecule has 1 aromatic carbocycles. The lowest BCUT2D eigenvalue weighted by Crippen LogP contribution is -2.38. The number of hydrogen-bond acceptors (Lipinski definition) is 4. The Morgan fingerprint density at radius 1 is 1.40 bits per heavy atom. The topological polar surface area (TPSA) is 44.7 Å². The van der Waals surface area contributed by atoms with Crippen molar-refractivity contribution in [3.05, 3.63) is 22.8 Å². The molecule has 0 spiro atoms. The molecule has 0 radical (unpaired) electrons. The maximum Gasteiger partial charge on any atom is 0.143 e. The van der Waals surface area contributed by atoms with E-state index in [0.717, 1.165) is 38.2 Å². The van der Waals surface area contributed by atoms with Gasteiger partial charge in [0.2, 0.25) is 0 Å². The Hall–Kier alpha value is -1.26. The number of nitrogens with one attached hydrogen (secondary N) is 1. The number of fused-ring (bicyclic) bond motifs is 2. The Balaban J connectivity index is 2.04. The molecule has 2 N–H and O–H groups in total. The highest BCUT2D eigenvalue weighted by molar-refractivity contribution is 5.69. The molecule has 0 saturated heterocycles. The van der Waals surface area contributed by atoms with Crippen LogP contribution < -0.4 is 15.0 Å². The SMILES string of the molecule is Cc1c2c(cc3c1N(C[C@H](C)O)CCO3)CCNCC2. The Kier molecular flexibility index (Phi) is 3.85. The van der Waals surface area contributed by atoms with Gasteiger partial charge < -0.3 is 20.1 Å². The molecular weight excluding hydrogens is 252 g/mol. The molecule has 2 aliphatic heterocycles. The smallest absolute Gasteiger partial charge is 0.143 e. The van der Waals surface area contributed by atoms with Gasteiger partial charge in [-0.15, -0.1) is 0 Å². The van der Waals surface area contributed by atoms with E-state index in [2.05, 4.69) is 23.2 Å². The fraction of sp³-hybridized carbons (Fsp3) is 0.625. The first-order chi connectivity index (χ1) is 9.66. The van der Waals surface area contributed by atoms with E-state index in [9.17, 15) is 5.11 Å². The lowest BCUT2D eigenvalue weighted by atomic mass is 9.94. The Bertz CT molecular complexity index is 500. The van der Waals surface area contributed by atoms with Gasteiger partial charge in [-0.25, -0.2) is 0 Å². The summed E-state index contributed by atoms with van der Waals surface area (Å²) >= 11 is 0. The van der Waals surface area contributed by atoms with Crippen LogP contribution in [0.2, 0.25) is 0 Å². The van der Waals surface area contributed by atoms with Crippen molar-refractivity contribution in [1.29, 1.82) is 0 Å². The molecule has 0 saturated carbocycles. The number of aliphatic hydroxyl groups excluding tert-OH is 1. The van der Waals surface area contributed by atoms with Crippen LogP contribution in [-0.4, -0.2) is 44.0 Å². The number of hydrogen-bond donors (Lipinski definition) is 2. The summed E-state index contributed by atoms with van der Waals surface area (Å²) in [6.45, 7) is 8.37. The van der Waals surface area contributed by atoms with Gasteiger partial charge in [-0.05, 0) is 62.5 Å². The highest BCUT2D eigenvalue weighted by atomic mass is 16.5. The lowest BCUT2D eigenvalue weighted by molar-refractivity contribution is 0.194. The van der Waals surface area contributed by atoms with E-state index in [4.69, 9.17) is 4.74 Å². The van der Waals surface area contributed by atoms with Crippen molar-refractivity contribution >= 4 is 5.69 Å². The first kappa shape index (κ1) is 13.7. The van der Waals surface area contributed by atoms with Crippen LogP contribution in [0.1, 0.15) is 23.6 Å². The molecule has 2 heterocycles. The summed E-state index contributed by atoms with van der Waals surface area (Å²) in [6, 6.07) is 2.22. The zero-order valence-corrected chi connectivity index (χ0v) is 12.4. The molecule has 1 aromatic rings. The van der Waals surface area contributed by atoms with Gasteiger partial charge >= 0.3 is 0 Å². The van der Waals surface area contributed by atoms with Gasteiger partial charge in [-0.2, -0.15) is 0 Å². The van der Waals surface area contributed by atoms with E-state index < -0.39 is 0 Å². The molecule has 110 valence electrons. The van der Waals surface area contributed by atoms with Crippen LogP contribution in [0.5, 0.6) is 5.75 Å². The van der Waals surface area contributed by atoms with E-state index in [1.807, 2.05) is 6.92 Å². The van der Waals surface area contributed by atoms with Crippen LogP contribution in [0.3, 0.4) is 0 Å². The molecule has 4 nitrogen and oxygen atoms in total. The van der Waals surface area contributed by atoms with Gasteiger partial charge in [0.25, 0.3) is 0 Å². The summed E-state index contributed by atoms with van der Waals surface area (Å²) in [5.41, 5.74) is 5.42. The largest absolute Gasteiger partial charge is 0.490 e. The number of nitrogens with zero attached hydrogens (tertiary/aromatic N) is 1. The van der Waals surface area contributed by atoms with Crippen molar-refractivity contribution in [1.82, 2.24) is 5.32 Å². The minimum absolute atomic E-state index is 0.319. The first-order valence-corrected chi connectivity index (χ1v) is 7.58. The lowest BCUT2D eigenvalue weighted by Gasteiger charge is -2.35. The number of aliphatic hydroxyl groups is 1. The number of ether oxygens (including phenoxy) is 1.